The fraction of sp³-hybridized carbons (Fsp3) is 0.706. The lowest BCUT2D eigenvalue weighted by Crippen LogP contribution is -2.53. The molecule has 2 aliphatic rings. The molecule has 0 bridgehead atoms. The van der Waals surface area contributed by atoms with Crippen LogP contribution in [0.5, 0.6) is 0 Å². The van der Waals surface area contributed by atoms with E-state index in [0.29, 0.717) is 18.7 Å². The largest absolute Gasteiger partial charge is 0.438 e. The standard InChI is InChI=1S/C17H25N3O4/c1-11-14(23-10-19-11)15(22)20-7-5-6-17(20)9-16(2,3)24-12(17)8-13(21)18-4/h10,12H,5-9H2,1-4H3,(H,18,21)/t12-,17+/m0/s1. The van der Waals surface area contributed by atoms with Crippen LogP contribution in [0.25, 0.3) is 0 Å². The second-order valence-electron chi connectivity index (χ2n) is 7.35. The predicted molar refractivity (Wildman–Crippen MR) is 86.5 cm³/mol. The van der Waals surface area contributed by atoms with E-state index < -0.39 is 5.54 Å². The Hall–Kier alpha value is -1.89. The zero-order valence-corrected chi connectivity index (χ0v) is 14.7. The molecule has 2 saturated heterocycles. The summed E-state index contributed by atoms with van der Waals surface area (Å²) in [6.45, 7) is 6.43. The van der Waals surface area contributed by atoms with Gasteiger partial charge in [0.15, 0.2) is 6.39 Å². The minimum atomic E-state index is -0.466. The van der Waals surface area contributed by atoms with Crippen molar-refractivity contribution >= 4 is 11.8 Å². The predicted octanol–water partition coefficient (Wildman–Crippen LogP) is 1.66. The van der Waals surface area contributed by atoms with Crippen LogP contribution in [0.4, 0.5) is 0 Å². The fourth-order valence-electron chi connectivity index (χ4n) is 4.24. The highest BCUT2D eigenvalue weighted by Crippen LogP contribution is 2.49. The molecule has 24 heavy (non-hydrogen) atoms. The highest BCUT2D eigenvalue weighted by atomic mass is 16.5. The molecule has 3 rings (SSSR count). The Labute approximate surface area is 141 Å². The normalized spacial score (nSPS) is 28.5. The maximum Gasteiger partial charge on any atom is 0.292 e. The average molecular weight is 335 g/mol. The molecule has 2 aliphatic heterocycles. The summed E-state index contributed by atoms with van der Waals surface area (Å²) in [7, 11) is 1.62. The van der Waals surface area contributed by atoms with Crippen LogP contribution >= 0.6 is 0 Å². The summed E-state index contributed by atoms with van der Waals surface area (Å²) >= 11 is 0. The van der Waals surface area contributed by atoms with Crippen LogP contribution in [-0.4, -0.2) is 52.5 Å². The van der Waals surface area contributed by atoms with E-state index >= 15 is 0 Å². The van der Waals surface area contributed by atoms with Gasteiger partial charge in [-0.25, -0.2) is 4.98 Å². The minimum Gasteiger partial charge on any atom is -0.438 e. The molecule has 7 nitrogen and oxygen atoms in total. The van der Waals surface area contributed by atoms with E-state index in [4.69, 9.17) is 9.15 Å². The maximum atomic E-state index is 13.0. The Bertz CT molecular complexity index is 654. The number of rotatable bonds is 3. The molecule has 1 aromatic heterocycles. The molecule has 0 aromatic carbocycles. The van der Waals surface area contributed by atoms with Crippen LogP contribution in [0.3, 0.4) is 0 Å². The van der Waals surface area contributed by atoms with Crippen molar-refractivity contribution in [3.63, 3.8) is 0 Å². The van der Waals surface area contributed by atoms with Gasteiger partial charge in [0.25, 0.3) is 5.91 Å². The Kier molecular flexibility index (Phi) is 4.15. The first kappa shape index (κ1) is 17.0. The lowest BCUT2D eigenvalue weighted by Gasteiger charge is -2.38. The van der Waals surface area contributed by atoms with Gasteiger partial charge in [-0.15, -0.1) is 0 Å². The summed E-state index contributed by atoms with van der Waals surface area (Å²) in [4.78, 5) is 30.9. The number of likely N-dealkylation sites (tertiary alicyclic amines) is 1. The van der Waals surface area contributed by atoms with Crippen molar-refractivity contribution in [3.05, 3.63) is 17.8 Å². The molecule has 2 fully saturated rings. The van der Waals surface area contributed by atoms with Crippen LogP contribution in [0.1, 0.15) is 55.8 Å². The zero-order chi connectivity index (χ0) is 17.5. The fourth-order valence-corrected chi connectivity index (χ4v) is 4.24. The molecule has 0 unspecified atom stereocenters. The number of amides is 2. The number of carbonyl (C=O) groups excluding carboxylic acids is 2. The molecular weight excluding hydrogens is 310 g/mol. The van der Waals surface area contributed by atoms with Gasteiger partial charge in [-0.2, -0.15) is 0 Å². The van der Waals surface area contributed by atoms with Gasteiger partial charge in [0.05, 0.1) is 29.4 Å². The number of ether oxygens (including phenoxy) is 1. The van der Waals surface area contributed by atoms with E-state index in [1.54, 1.807) is 14.0 Å². The molecule has 1 aromatic rings. The minimum absolute atomic E-state index is 0.0766. The molecule has 1 spiro atoms. The van der Waals surface area contributed by atoms with E-state index in [9.17, 15) is 9.59 Å². The Morgan fingerprint density at radius 3 is 2.83 bits per heavy atom. The Morgan fingerprint density at radius 2 is 2.21 bits per heavy atom. The summed E-state index contributed by atoms with van der Waals surface area (Å²) in [5.41, 5.74) is -0.257. The molecule has 2 amide bonds. The van der Waals surface area contributed by atoms with E-state index in [1.807, 2.05) is 18.7 Å². The highest BCUT2D eigenvalue weighted by Gasteiger charge is 2.59. The topological polar surface area (TPSA) is 84.7 Å². The van der Waals surface area contributed by atoms with Crippen molar-refractivity contribution in [2.45, 2.75) is 63.7 Å². The summed E-state index contributed by atoms with van der Waals surface area (Å²) in [5, 5.41) is 2.66. The first-order valence-corrected chi connectivity index (χ1v) is 8.39. The van der Waals surface area contributed by atoms with E-state index in [1.165, 1.54) is 6.39 Å². The molecular formula is C17H25N3O4. The van der Waals surface area contributed by atoms with Gasteiger partial charge in [-0.1, -0.05) is 0 Å². The quantitative estimate of drug-likeness (QED) is 0.908. The number of oxazole rings is 1. The van der Waals surface area contributed by atoms with Crippen molar-refractivity contribution in [3.8, 4) is 0 Å². The van der Waals surface area contributed by atoms with E-state index in [2.05, 4.69) is 10.3 Å². The molecule has 0 saturated carbocycles. The van der Waals surface area contributed by atoms with Gasteiger partial charge < -0.3 is 19.4 Å². The summed E-state index contributed by atoms with van der Waals surface area (Å²) in [6, 6.07) is 0. The lowest BCUT2D eigenvalue weighted by molar-refractivity contribution is -0.126. The number of hydrogen-bond donors (Lipinski definition) is 1. The number of nitrogens with zero attached hydrogens (tertiary/aromatic N) is 2. The second kappa shape index (κ2) is 5.88. The number of carbonyl (C=O) groups is 2. The monoisotopic (exact) mass is 335 g/mol. The molecule has 1 N–H and O–H groups in total. The third-order valence-corrected chi connectivity index (χ3v) is 5.16. The Balaban J connectivity index is 1.94. The second-order valence-corrected chi connectivity index (χ2v) is 7.35. The van der Waals surface area contributed by atoms with Crippen molar-refractivity contribution in [1.29, 1.82) is 0 Å². The first-order valence-electron chi connectivity index (χ1n) is 8.39. The van der Waals surface area contributed by atoms with Gasteiger partial charge in [-0.3, -0.25) is 9.59 Å². The van der Waals surface area contributed by atoms with Gasteiger partial charge in [0.2, 0.25) is 11.7 Å². The van der Waals surface area contributed by atoms with Crippen molar-refractivity contribution in [1.82, 2.24) is 15.2 Å². The summed E-state index contributed by atoms with van der Waals surface area (Å²) in [6.07, 6.45) is 3.66. The van der Waals surface area contributed by atoms with Crippen LogP contribution in [-0.2, 0) is 9.53 Å². The van der Waals surface area contributed by atoms with Gasteiger partial charge >= 0.3 is 0 Å². The van der Waals surface area contributed by atoms with Gasteiger partial charge in [0.1, 0.15) is 0 Å². The van der Waals surface area contributed by atoms with Crippen molar-refractivity contribution in [2.75, 3.05) is 13.6 Å². The third-order valence-electron chi connectivity index (χ3n) is 5.16. The number of hydrogen-bond acceptors (Lipinski definition) is 5. The van der Waals surface area contributed by atoms with Crippen LogP contribution in [0, 0.1) is 6.92 Å². The molecule has 0 radical (unpaired) electrons. The zero-order valence-electron chi connectivity index (χ0n) is 14.7. The Morgan fingerprint density at radius 1 is 1.46 bits per heavy atom. The van der Waals surface area contributed by atoms with E-state index in [0.717, 1.165) is 12.8 Å². The first-order chi connectivity index (χ1) is 11.3. The van der Waals surface area contributed by atoms with Crippen LogP contribution in [0.2, 0.25) is 0 Å². The van der Waals surface area contributed by atoms with E-state index in [-0.39, 0.29) is 35.7 Å². The smallest absolute Gasteiger partial charge is 0.292 e. The molecule has 0 aliphatic carbocycles. The molecule has 132 valence electrons. The van der Waals surface area contributed by atoms with Crippen molar-refractivity contribution in [2.24, 2.45) is 0 Å². The maximum absolute atomic E-state index is 13.0. The average Bonchev–Trinajstić information content (AvgIpc) is 3.17. The molecule has 3 heterocycles. The SMILES string of the molecule is CNC(=O)C[C@@H]1OC(C)(C)C[C@]12CCCN2C(=O)c1ocnc1C. The number of nitrogens with one attached hydrogen (secondary N) is 1. The lowest BCUT2D eigenvalue weighted by atomic mass is 9.82. The van der Waals surface area contributed by atoms with Gasteiger partial charge in [0, 0.05) is 20.0 Å². The summed E-state index contributed by atoms with van der Waals surface area (Å²) < 4.78 is 11.5. The molecule has 7 heteroatoms. The highest BCUT2D eigenvalue weighted by molar-refractivity contribution is 5.93. The molecule has 2 atom stereocenters. The number of aryl methyl sites for hydroxylation is 1. The van der Waals surface area contributed by atoms with Crippen LogP contribution in [0.15, 0.2) is 10.8 Å². The van der Waals surface area contributed by atoms with Crippen LogP contribution < -0.4 is 5.32 Å². The third kappa shape index (κ3) is 2.70. The van der Waals surface area contributed by atoms with Gasteiger partial charge in [-0.05, 0) is 33.6 Å². The summed E-state index contributed by atoms with van der Waals surface area (Å²) in [5.74, 6) is 0.0394. The van der Waals surface area contributed by atoms with Crippen molar-refractivity contribution < 1.29 is 18.7 Å². The number of aromatic nitrogens is 1.